The molecule has 176 valence electrons. The summed E-state index contributed by atoms with van der Waals surface area (Å²) < 4.78 is 21.9. The highest BCUT2D eigenvalue weighted by Gasteiger charge is 2.46. The van der Waals surface area contributed by atoms with E-state index in [1.807, 2.05) is 4.57 Å². The Balaban J connectivity index is 1.50. The summed E-state index contributed by atoms with van der Waals surface area (Å²) in [5, 5.41) is 11.3. The van der Waals surface area contributed by atoms with Crippen molar-refractivity contribution in [2.75, 3.05) is 13.1 Å². The fourth-order valence-corrected chi connectivity index (χ4v) is 5.37. The van der Waals surface area contributed by atoms with E-state index in [4.69, 9.17) is 10.5 Å². The van der Waals surface area contributed by atoms with Crippen molar-refractivity contribution in [3.8, 4) is 11.4 Å². The van der Waals surface area contributed by atoms with Gasteiger partial charge in [-0.05, 0) is 73.2 Å². The second-order valence-corrected chi connectivity index (χ2v) is 11.0. The van der Waals surface area contributed by atoms with Crippen LogP contribution in [0.2, 0.25) is 0 Å². The minimum atomic E-state index is -1.03. The molecule has 0 radical (unpaired) electrons. The summed E-state index contributed by atoms with van der Waals surface area (Å²) in [5.74, 6) is -0.643. The quantitative estimate of drug-likeness (QED) is 0.637. The monoisotopic (exact) mass is 520 g/mol. The normalized spacial score (nSPS) is 22.4. The maximum Gasteiger partial charge on any atom is 0.410 e. The lowest BCUT2D eigenvalue weighted by molar-refractivity contribution is -0.0340. The van der Waals surface area contributed by atoms with Crippen LogP contribution in [0.15, 0.2) is 16.6 Å². The molecule has 2 aromatic rings. The Hall–Kier alpha value is -2.46. The van der Waals surface area contributed by atoms with Crippen LogP contribution >= 0.6 is 15.9 Å². The summed E-state index contributed by atoms with van der Waals surface area (Å²) in [6, 6.07) is 3.24. The second-order valence-electron chi connectivity index (χ2n) is 10.2. The molecule has 1 atom stereocenters. The smallest absolute Gasteiger partial charge is 0.410 e. The van der Waals surface area contributed by atoms with Crippen molar-refractivity contribution in [3.63, 3.8) is 0 Å². The van der Waals surface area contributed by atoms with E-state index in [0.29, 0.717) is 29.1 Å². The molecular weight excluding hydrogens is 495 g/mol. The number of imidazole rings is 1. The Morgan fingerprint density at radius 3 is 2.58 bits per heavy atom. The van der Waals surface area contributed by atoms with E-state index in [2.05, 4.69) is 20.9 Å². The number of rotatable bonds is 3. The third-order valence-electron chi connectivity index (χ3n) is 6.72. The Labute approximate surface area is 199 Å². The number of benzene rings is 1. The number of primary amides is 1. The van der Waals surface area contributed by atoms with Crippen LogP contribution in [0.1, 0.15) is 73.4 Å². The number of carbonyl (C=O) groups excluding carboxylic acids is 2. The summed E-state index contributed by atoms with van der Waals surface area (Å²) in [7, 11) is 0. The van der Waals surface area contributed by atoms with Crippen LogP contribution in [0.5, 0.6) is 0 Å². The topological polar surface area (TPSA) is 111 Å². The molecule has 2 bridgehead atoms. The number of hydrogen-bond donors (Lipinski definition) is 2. The summed E-state index contributed by atoms with van der Waals surface area (Å²) in [6.45, 7) is 5.99. The molecule has 4 heterocycles. The minimum Gasteiger partial charge on any atom is -0.444 e. The lowest BCUT2D eigenvalue weighted by atomic mass is 9.75. The average Bonchev–Trinajstić information content (AvgIpc) is 2.90. The summed E-state index contributed by atoms with van der Waals surface area (Å²) in [4.78, 5) is 30.7. The molecule has 1 aliphatic carbocycles. The van der Waals surface area contributed by atoms with Gasteiger partial charge in [0.1, 0.15) is 23.3 Å². The van der Waals surface area contributed by atoms with Gasteiger partial charge in [0, 0.05) is 30.6 Å². The van der Waals surface area contributed by atoms with Crippen molar-refractivity contribution in [1.29, 1.82) is 0 Å². The van der Waals surface area contributed by atoms with Crippen LogP contribution in [0, 0.1) is 11.7 Å². The van der Waals surface area contributed by atoms with Crippen molar-refractivity contribution in [1.82, 2.24) is 14.5 Å². The number of carbonyl (C=O) groups is 2. The number of halogens is 2. The van der Waals surface area contributed by atoms with Crippen LogP contribution in [0.25, 0.3) is 11.4 Å². The van der Waals surface area contributed by atoms with E-state index >= 15 is 0 Å². The lowest BCUT2D eigenvalue weighted by Gasteiger charge is -2.43. The molecule has 10 heteroatoms. The molecule has 33 heavy (non-hydrogen) atoms. The zero-order valence-corrected chi connectivity index (χ0v) is 20.2. The fourth-order valence-electron chi connectivity index (χ4n) is 5.03. The number of hydrogen-bond acceptors (Lipinski definition) is 5. The Kier molecular flexibility index (Phi) is 5.09. The molecule has 6 rings (SSSR count). The van der Waals surface area contributed by atoms with Gasteiger partial charge in [0.15, 0.2) is 5.69 Å². The number of aliphatic hydroxyl groups is 1. The molecule has 1 saturated heterocycles. The SMILES string of the molecule is CC(C)(C)OC(=O)N1CC(C(O)c2c(C(N)=O)nc3n2C2CC(C2)c2cc(F)c(Br)cc2-3)C1. The third kappa shape index (κ3) is 3.63. The van der Waals surface area contributed by atoms with Gasteiger partial charge >= 0.3 is 6.09 Å². The molecule has 1 unspecified atom stereocenters. The van der Waals surface area contributed by atoms with Crippen LogP contribution in [-0.2, 0) is 4.74 Å². The molecule has 2 fully saturated rings. The number of ether oxygens (including phenoxy) is 1. The molecule has 3 aliphatic heterocycles. The average molecular weight is 521 g/mol. The molecule has 1 saturated carbocycles. The fraction of sp³-hybridized carbons (Fsp3) is 0.522. The molecule has 3 N–H and O–H groups in total. The first-order valence-corrected chi connectivity index (χ1v) is 11.8. The van der Waals surface area contributed by atoms with Crippen molar-refractivity contribution in [3.05, 3.63) is 39.4 Å². The minimum absolute atomic E-state index is 0.0185. The van der Waals surface area contributed by atoms with Crippen LogP contribution in [0.3, 0.4) is 0 Å². The second kappa shape index (κ2) is 7.53. The molecule has 0 spiro atoms. The maximum absolute atomic E-state index is 14.3. The highest BCUT2D eigenvalue weighted by atomic mass is 79.9. The van der Waals surface area contributed by atoms with Gasteiger partial charge in [0.2, 0.25) is 0 Å². The molecule has 2 amide bonds. The first kappa shape index (κ1) is 22.3. The van der Waals surface area contributed by atoms with Gasteiger partial charge < -0.3 is 25.0 Å². The molecule has 1 aromatic heterocycles. The number of aliphatic hydroxyl groups excluding tert-OH is 1. The Bertz CT molecular complexity index is 1160. The van der Waals surface area contributed by atoms with E-state index in [1.54, 1.807) is 26.8 Å². The first-order chi connectivity index (χ1) is 15.4. The number of nitrogens with zero attached hydrogens (tertiary/aromatic N) is 3. The lowest BCUT2D eigenvalue weighted by Crippen LogP contribution is -2.53. The van der Waals surface area contributed by atoms with Crippen molar-refractivity contribution < 1.29 is 23.8 Å². The Morgan fingerprint density at radius 1 is 1.30 bits per heavy atom. The van der Waals surface area contributed by atoms with E-state index in [1.165, 1.54) is 11.0 Å². The van der Waals surface area contributed by atoms with Gasteiger partial charge in [-0.15, -0.1) is 0 Å². The van der Waals surface area contributed by atoms with Crippen molar-refractivity contribution in [2.24, 2.45) is 11.7 Å². The predicted molar refractivity (Wildman–Crippen MR) is 121 cm³/mol. The highest BCUT2D eigenvalue weighted by Crippen LogP contribution is 2.54. The van der Waals surface area contributed by atoms with Crippen molar-refractivity contribution in [2.45, 2.75) is 57.3 Å². The Morgan fingerprint density at radius 2 is 1.97 bits per heavy atom. The zero-order valence-electron chi connectivity index (χ0n) is 18.6. The van der Waals surface area contributed by atoms with Crippen molar-refractivity contribution >= 4 is 27.9 Å². The molecule has 8 nitrogen and oxygen atoms in total. The van der Waals surface area contributed by atoms with Gasteiger partial charge in [-0.1, -0.05) is 0 Å². The van der Waals surface area contributed by atoms with Crippen LogP contribution < -0.4 is 5.73 Å². The molecule has 4 aliphatic rings. The van der Waals surface area contributed by atoms with E-state index in [0.717, 1.165) is 24.0 Å². The van der Waals surface area contributed by atoms with E-state index in [9.17, 15) is 19.1 Å². The number of amides is 2. The van der Waals surface area contributed by atoms with Gasteiger partial charge in [-0.2, -0.15) is 0 Å². The summed E-state index contributed by atoms with van der Waals surface area (Å²) in [6.07, 6.45) is 0.0708. The number of likely N-dealkylation sites (tertiary alicyclic amines) is 1. The van der Waals surface area contributed by atoms with Gasteiger partial charge in [0.25, 0.3) is 5.91 Å². The predicted octanol–water partition coefficient (Wildman–Crippen LogP) is 3.88. The zero-order chi connectivity index (χ0) is 23.8. The molecular formula is C23H26BrFN4O4. The number of nitrogens with two attached hydrogens (primary N) is 1. The van der Waals surface area contributed by atoms with Crippen LogP contribution in [-0.4, -0.2) is 50.2 Å². The largest absolute Gasteiger partial charge is 0.444 e. The standard InChI is InChI=1S/C23H26BrFN4O4/c1-23(2,3)33-22(32)28-8-11(9-28)19(30)18-17(20(26)31)27-21-14-6-15(24)16(25)7-13(14)10-4-12(5-10)29(18)21/h6-7,10-12,19,30H,4-5,8-9H2,1-3H3,(H2,26,31). The third-order valence-corrected chi connectivity index (χ3v) is 7.33. The van der Waals surface area contributed by atoms with E-state index in [-0.39, 0.29) is 29.4 Å². The first-order valence-electron chi connectivity index (χ1n) is 11.0. The van der Waals surface area contributed by atoms with Crippen LogP contribution in [0.4, 0.5) is 9.18 Å². The van der Waals surface area contributed by atoms with Gasteiger partial charge in [0.05, 0.1) is 10.2 Å². The van der Waals surface area contributed by atoms with E-state index < -0.39 is 23.7 Å². The number of aromatic nitrogens is 2. The van der Waals surface area contributed by atoms with Gasteiger partial charge in [-0.25, -0.2) is 14.2 Å². The summed E-state index contributed by atoms with van der Waals surface area (Å²) in [5.41, 5.74) is 7.04. The maximum atomic E-state index is 14.3. The highest BCUT2D eigenvalue weighted by molar-refractivity contribution is 9.10. The molecule has 1 aromatic carbocycles. The van der Waals surface area contributed by atoms with Gasteiger partial charge in [-0.3, -0.25) is 4.79 Å². The summed E-state index contributed by atoms with van der Waals surface area (Å²) >= 11 is 3.25.